The van der Waals surface area contributed by atoms with Gasteiger partial charge >= 0.3 is 0 Å². The van der Waals surface area contributed by atoms with Crippen molar-refractivity contribution in [3.8, 4) is 5.75 Å². The molecule has 2 aromatic carbocycles. The Bertz CT molecular complexity index is 1120. The molecule has 0 atom stereocenters. The second kappa shape index (κ2) is 9.19. The van der Waals surface area contributed by atoms with E-state index in [1.807, 2.05) is 77.7 Å². The van der Waals surface area contributed by atoms with Crippen LogP contribution in [0, 0.1) is 0 Å². The van der Waals surface area contributed by atoms with Crippen molar-refractivity contribution in [2.75, 3.05) is 31.2 Å². The number of halogens is 1. The highest BCUT2D eigenvalue weighted by Gasteiger charge is 2.25. The third-order valence-corrected chi connectivity index (χ3v) is 5.68. The lowest BCUT2D eigenvalue weighted by Crippen LogP contribution is -2.42. The summed E-state index contributed by atoms with van der Waals surface area (Å²) in [6.45, 7) is 1.16. The van der Waals surface area contributed by atoms with E-state index in [0.717, 1.165) is 22.7 Å². The molecule has 0 bridgehead atoms. The number of hydrogen-bond acceptors (Lipinski definition) is 7. The molecule has 0 aliphatic carbocycles. The number of hydrogen-bond donors (Lipinski definition) is 1. The number of imidazole rings is 1. The van der Waals surface area contributed by atoms with Crippen molar-refractivity contribution in [1.29, 1.82) is 0 Å². The predicted octanol–water partition coefficient (Wildman–Crippen LogP) is 2.08. The van der Waals surface area contributed by atoms with Gasteiger partial charge in [0.05, 0.1) is 11.0 Å². The Hall–Kier alpha value is -3.04. The Morgan fingerprint density at radius 1 is 1.23 bits per heavy atom. The fraction of sp³-hybridized carbons (Fsp3) is 0.238. The van der Waals surface area contributed by atoms with Crippen molar-refractivity contribution < 1.29 is 9.22 Å². The van der Waals surface area contributed by atoms with Crippen LogP contribution in [-0.2, 0) is 7.05 Å². The number of rotatable bonds is 8. The number of para-hydroxylation sites is 1. The number of aryl methyl sites for hydroxylation is 1. The maximum Gasteiger partial charge on any atom is 0.189 e. The van der Waals surface area contributed by atoms with Gasteiger partial charge in [0.1, 0.15) is 19.0 Å². The summed E-state index contributed by atoms with van der Waals surface area (Å²) in [7, 11) is 3.78. The molecule has 1 N–H and O–H groups in total. The molecule has 7 nitrogen and oxygen atoms in total. The summed E-state index contributed by atoms with van der Waals surface area (Å²) in [5.41, 5.74) is 0.831. The van der Waals surface area contributed by atoms with Crippen molar-refractivity contribution >= 4 is 23.5 Å². The average Bonchev–Trinajstić information content (AvgIpc) is 3.17. The lowest BCUT2D eigenvalue weighted by Gasteiger charge is -2.30. The largest absolute Gasteiger partial charge is 0.492 e. The van der Waals surface area contributed by atoms with Gasteiger partial charge in [0.15, 0.2) is 11.0 Å². The van der Waals surface area contributed by atoms with Crippen molar-refractivity contribution in [3.63, 3.8) is 0 Å². The third kappa shape index (κ3) is 4.27. The van der Waals surface area contributed by atoms with Gasteiger partial charge in [-0.1, -0.05) is 22.7 Å². The highest BCUT2D eigenvalue weighted by Crippen LogP contribution is 2.33. The maximum atomic E-state index is 15.2. The Morgan fingerprint density at radius 2 is 2.07 bits per heavy atom. The lowest BCUT2D eigenvalue weighted by molar-refractivity contribution is 0.102. The first-order valence-corrected chi connectivity index (χ1v) is 10.3. The molecular weight excluding hydrogens is 403 g/mol. The van der Waals surface area contributed by atoms with Gasteiger partial charge < -0.3 is 14.6 Å². The van der Waals surface area contributed by atoms with E-state index in [1.54, 1.807) is 6.20 Å². The van der Waals surface area contributed by atoms with Crippen molar-refractivity contribution in [3.05, 3.63) is 71.5 Å². The van der Waals surface area contributed by atoms with E-state index in [2.05, 4.69) is 15.3 Å². The van der Waals surface area contributed by atoms with Crippen LogP contribution in [0.2, 0.25) is 0 Å². The average molecular weight is 427 g/mol. The summed E-state index contributed by atoms with van der Waals surface area (Å²) in [5, 5.41) is 5.83. The zero-order valence-corrected chi connectivity index (χ0v) is 17.6. The van der Waals surface area contributed by atoms with E-state index in [-0.39, 0.29) is 6.67 Å². The van der Waals surface area contributed by atoms with E-state index in [4.69, 9.17) is 4.74 Å². The molecule has 1 aliphatic rings. The molecule has 1 aromatic heterocycles. The number of benzene rings is 2. The number of nitrogens with zero attached hydrogens (tertiary/aromatic N) is 5. The minimum Gasteiger partial charge on any atom is -0.492 e. The molecule has 4 rings (SSSR count). The fourth-order valence-electron chi connectivity index (χ4n) is 3.04. The molecule has 9 heteroatoms. The van der Waals surface area contributed by atoms with E-state index in [9.17, 15) is 0 Å². The van der Waals surface area contributed by atoms with Gasteiger partial charge in [-0.05, 0) is 37.4 Å². The highest BCUT2D eigenvalue weighted by molar-refractivity contribution is 8.00. The van der Waals surface area contributed by atoms with Crippen LogP contribution >= 0.6 is 11.9 Å². The van der Waals surface area contributed by atoms with Crippen LogP contribution in [0.4, 0.5) is 10.2 Å². The molecule has 30 heavy (non-hydrogen) atoms. The highest BCUT2D eigenvalue weighted by atomic mass is 32.2. The zero-order chi connectivity index (χ0) is 20.9. The monoisotopic (exact) mass is 426 g/mol. The van der Waals surface area contributed by atoms with E-state index >= 15 is 4.48 Å². The Morgan fingerprint density at radius 3 is 2.80 bits per heavy atom. The van der Waals surface area contributed by atoms with Gasteiger partial charge in [-0.3, -0.25) is 9.30 Å². The van der Waals surface area contributed by atoms with Crippen LogP contribution in [0.15, 0.2) is 71.1 Å². The lowest BCUT2D eigenvalue weighted by atomic mass is 10.2. The topological polar surface area (TPSA) is 57.9 Å². The van der Waals surface area contributed by atoms with E-state index in [0.29, 0.717) is 28.5 Å². The molecule has 3 aromatic rings. The molecular formula is C21H23FN6OS. The van der Waals surface area contributed by atoms with Crippen LogP contribution in [0.3, 0.4) is 0 Å². The second-order valence-electron chi connectivity index (χ2n) is 6.66. The number of nitrogens with one attached hydrogen (secondary N) is 1. The van der Waals surface area contributed by atoms with Gasteiger partial charge in [-0.2, -0.15) is 5.12 Å². The number of anilines is 1. The summed E-state index contributed by atoms with van der Waals surface area (Å²) < 4.78 is 24.7. The maximum absolute atomic E-state index is 15.2. The van der Waals surface area contributed by atoms with Crippen molar-refractivity contribution in [2.24, 2.45) is 12.0 Å². The molecule has 0 saturated heterocycles. The van der Waals surface area contributed by atoms with Crippen LogP contribution in [-0.4, -0.2) is 41.5 Å². The summed E-state index contributed by atoms with van der Waals surface area (Å²) in [6, 6.07) is 15.2. The number of ether oxygens (including phenoxy) is 1. The number of likely N-dealkylation sites (N-methyl/N-ethyl adjacent to an activating group) is 1. The van der Waals surface area contributed by atoms with Crippen molar-refractivity contribution in [1.82, 2.24) is 20.0 Å². The van der Waals surface area contributed by atoms with Crippen molar-refractivity contribution in [2.45, 2.75) is 5.16 Å². The first kappa shape index (κ1) is 20.2. The van der Waals surface area contributed by atoms with E-state index in [1.165, 1.54) is 11.9 Å². The molecule has 0 radical (unpaired) electrons. The molecule has 0 saturated carbocycles. The van der Waals surface area contributed by atoms with Gasteiger partial charge in [0.25, 0.3) is 0 Å². The van der Waals surface area contributed by atoms with Crippen LogP contribution in [0.25, 0.3) is 5.82 Å². The van der Waals surface area contributed by atoms with Gasteiger partial charge in [-0.25, -0.2) is 4.98 Å². The minimum absolute atomic E-state index is 0.0766. The van der Waals surface area contributed by atoms with E-state index < -0.39 is 0 Å². The molecule has 156 valence electrons. The Kier molecular flexibility index (Phi) is 6.20. The first-order valence-electron chi connectivity index (χ1n) is 9.57. The fourth-order valence-corrected chi connectivity index (χ4v) is 4.00. The molecule has 0 fully saturated rings. The number of fused-ring (bicyclic) bond motifs is 1. The standard InChI is InChI=1S/C21H23FN6OS/c1-23-11-13-29-17-8-9-19-18(14-17)20(27(22)15-25-19)28(16-6-4-3-5-7-16)30-21-24-10-12-26(21)2/h3-10,12,14,23H,11,13,15H2,1-2H3. The molecule has 0 unspecified atom stereocenters. The molecule has 0 amide bonds. The second-order valence-corrected chi connectivity index (χ2v) is 7.57. The summed E-state index contributed by atoms with van der Waals surface area (Å²) in [4.78, 5) is 8.76. The third-order valence-electron chi connectivity index (χ3n) is 4.56. The Balaban J connectivity index is 1.85. The summed E-state index contributed by atoms with van der Waals surface area (Å²) >= 11 is 1.35. The predicted molar refractivity (Wildman–Crippen MR) is 116 cm³/mol. The normalized spacial score (nSPS) is 13.0. The van der Waals surface area contributed by atoms with Gasteiger partial charge in [0, 0.05) is 43.2 Å². The summed E-state index contributed by atoms with van der Waals surface area (Å²) in [6.07, 6.45) is 3.59. The molecule has 0 spiro atoms. The van der Waals surface area contributed by atoms with Gasteiger partial charge in [0.2, 0.25) is 0 Å². The number of aromatic nitrogens is 2. The SMILES string of the molecule is CNCCOc1ccc2c(c1)=C(N(Sc1nccn1C)c1ccccc1)N(F)CN=2. The summed E-state index contributed by atoms with van der Waals surface area (Å²) in [5.74, 6) is 1.06. The zero-order valence-electron chi connectivity index (χ0n) is 16.8. The van der Waals surface area contributed by atoms with Crippen LogP contribution in [0.1, 0.15) is 0 Å². The van der Waals surface area contributed by atoms with Crippen LogP contribution in [0.5, 0.6) is 5.75 Å². The molecule has 1 aliphatic heterocycles. The van der Waals surface area contributed by atoms with Gasteiger partial charge in [-0.15, -0.1) is 0 Å². The smallest absolute Gasteiger partial charge is 0.189 e. The Labute approximate surface area is 178 Å². The quantitative estimate of drug-likeness (QED) is 0.338. The molecule has 2 heterocycles. The first-order chi connectivity index (χ1) is 14.7. The minimum atomic E-state index is -0.0766. The van der Waals surface area contributed by atoms with Crippen LogP contribution < -0.4 is 24.9 Å².